The minimum atomic E-state index is 0.648. The lowest BCUT2D eigenvalue weighted by molar-refractivity contribution is 1.01. The van der Waals surface area contributed by atoms with Crippen LogP contribution in [0.3, 0.4) is 0 Å². The molecule has 0 aliphatic heterocycles. The van der Waals surface area contributed by atoms with Gasteiger partial charge in [0.05, 0.1) is 49.2 Å². The normalized spacial score (nSPS) is 11.8. The molecule has 0 aliphatic carbocycles. The molecule has 0 aliphatic rings. The molecule has 15 aromatic rings. The predicted molar refractivity (Wildman–Crippen MR) is 304 cm³/mol. The topological polar surface area (TPSA) is 61.4 Å². The first-order chi connectivity index (χ1) is 36.2. The van der Waals surface area contributed by atoms with Crippen LogP contribution >= 0.6 is 11.3 Å². The Hall–Kier alpha value is -9.56. The van der Waals surface area contributed by atoms with Crippen LogP contribution in [0.15, 0.2) is 243 Å². The second-order valence-corrected chi connectivity index (χ2v) is 19.7. The third kappa shape index (κ3) is 6.71. The highest BCUT2D eigenvalue weighted by atomic mass is 32.1. The maximum atomic E-state index is 5.47. The van der Waals surface area contributed by atoms with E-state index in [0.29, 0.717) is 11.9 Å². The van der Waals surface area contributed by atoms with Crippen LogP contribution in [0, 0.1) is 0 Å². The molecule has 15 rings (SSSR count). The van der Waals surface area contributed by atoms with Gasteiger partial charge in [0, 0.05) is 42.9 Å². The van der Waals surface area contributed by atoms with Crippen LogP contribution in [-0.2, 0) is 0 Å². The van der Waals surface area contributed by atoms with E-state index in [9.17, 15) is 0 Å². The van der Waals surface area contributed by atoms with Crippen LogP contribution in [0.5, 0.6) is 0 Å². The summed E-state index contributed by atoms with van der Waals surface area (Å²) in [6.07, 6.45) is 0. The monoisotopic (exact) mass is 948 g/mol. The first-order valence-electron chi connectivity index (χ1n) is 24.5. The van der Waals surface area contributed by atoms with E-state index >= 15 is 0 Å². The van der Waals surface area contributed by atoms with Crippen molar-refractivity contribution in [3.63, 3.8) is 0 Å². The second-order valence-electron chi connectivity index (χ2n) is 18.6. The first-order valence-corrected chi connectivity index (χ1v) is 25.4. The molecule has 0 bridgehead atoms. The molecule has 0 atom stereocenters. The fourth-order valence-electron chi connectivity index (χ4n) is 11.0. The van der Waals surface area contributed by atoms with Crippen LogP contribution in [0.25, 0.3) is 143 Å². The van der Waals surface area contributed by atoms with Crippen molar-refractivity contribution in [2.24, 2.45) is 0 Å². The van der Waals surface area contributed by atoms with Gasteiger partial charge in [-0.25, -0.2) is 19.9 Å². The Balaban J connectivity index is 0.877. The van der Waals surface area contributed by atoms with E-state index in [1.807, 2.05) is 12.1 Å². The first kappa shape index (κ1) is 41.2. The summed E-state index contributed by atoms with van der Waals surface area (Å²) < 4.78 is 5.55. The number of aromatic nitrogens is 6. The summed E-state index contributed by atoms with van der Waals surface area (Å²) in [6, 6.07) is 86.3. The number of rotatable bonds is 7. The number of thiophene rings is 1. The molecule has 5 aromatic heterocycles. The molecule has 0 fully saturated rings. The van der Waals surface area contributed by atoms with Crippen LogP contribution in [0.1, 0.15) is 0 Å². The molecular formula is C66H40N6S. The number of nitrogens with zero attached hydrogens (tertiary/aromatic N) is 6. The lowest BCUT2D eigenvalue weighted by Crippen LogP contribution is -2.03. The van der Waals surface area contributed by atoms with Gasteiger partial charge in [-0.1, -0.05) is 188 Å². The van der Waals surface area contributed by atoms with Gasteiger partial charge in [-0.15, -0.1) is 11.3 Å². The summed E-state index contributed by atoms with van der Waals surface area (Å²) in [5.74, 6) is 1.30. The Labute approximate surface area is 423 Å². The summed E-state index contributed by atoms with van der Waals surface area (Å²) in [7, 11) is 0. The quantitative estimate of drug-likeness (QED) is 0.160. The zero-order valence-electron chi connectivity index (χ0n) is 39.2. The number of benzene rings is 10. The molecule has 0 saturated carbocycles. The zero-order chi connectivity index (χ0) is 48.0. The Morgan fingerprint density at radius 3 is 1.53 bits per heavy atom. The molecular weight excluding hydrogens is 909 g/mol. The van der Waals surface area contributed by atoms with E-state index in [2.05, 4.69) is 240 Å². The molecule has 0 N–H and O–H groups in total. The molecule has 0 spiro atoms. The highest BCUT2D eigenvalue weighted by Gasteiger charge is 2.22. The molecule has 73 heavy (non-hydrogen) atoms. The molecule has 0 radical (unpaired) electrons. The number of hydrogen-bond donors (Lipinski definition) is 0. The highest BCUT2D eigenvalue weighted by Crippen LogP contribution is 2.43. The standard InChI is InChI=1S/C66H40N6S/c1-4-18-42(19-5-1)60-40-55-64(73-60)63(44-22-8-3-9-23-44)70-66(68-55)72-58-35-33-48(39-53(58)61-49-26-11-10-17-41(49)31-36-59(61)72)46-25-16-24-45(37-46)47-32-34-57-52(38-47)50-27-13-15-30-56(50)71(57)65-67-54-29-14-12-28-51(54)62(69-65)43-20-6-2-7-21-43/h1-40H. The summed E-state index contributed by atoms with van der Waals surface area (Å²) in [5.41, 5.74) is 15.7. The van der Waals surface area contributed by atoms with Crippen molar-refractivity contribution in [1.82, 2.24) is 29.1 Å². The summed E-state index contributed by atoms with van der Waals surface area (Å²) in [6.45, 7) is 0. The van der Waals surface area contributed by atoms with E-state index in [1.165, 1.54) is 26.6 Å². The van der Waals surface area contributed by atoms with Crippen molar-refractivity contribution < 1.29 is 0 Å². The number of hydrogen-bond acceptors (Lipinski definition) is 5. The highest BCUT2D eigenvalue weighted by molar-refractivity contribution is 7.22. The fourth-order valence-corrected chi connectivity index (χ4v) is 12.1. The average molecular weight is 949 g/mol. The van der Waals surface area contributed by atoms with Gasteiger partial charge in [0.1, 0.15) is 0 Å². The molecule has 0 unspecified atom stereocenters. The SMILES string of the molecule is c1ccc(-c2cc3nc(-n4c5ccc(-c6cccc(-c7ccc8c(c7)c7ccccc7n8-c7nc(-c8ccccc8)c8ccccc8n7)c6)cc5c5c6ccccc6ccc54)nc(-c4ccccc4)c3s2)cc1. The van der Waals surface area contributed by atoms with Gasteiger partial charge < -0.3 is 0 Å². The Morgan fingerprint density at radius 2 is 0.795 bits per heavy atom. The minimum absolute atomic E-state index is 0.648. The van der Waals surface area contributed by atoms with Gasteiger partial charge in [0.2, 0.25) is 11.9 Å². The number of fused-ring (bicyclic) bond motifs is 10. The average Bonchev–Trinajstić information content (AvgIpc) is 4.15. The van der Waals surface area contributed by atoms with E-state index in [1.54, 1.807) is 11.3 Å². The minimum Gasteiger partial charge on any atom is -0.278 e. The molecule has 7 heteroatoms. The van der Waals surface area contributed by atoms with Gasteiger partial charge in [-0.05, 0) is 93.2 Å². The van der Waals surface area contributed by atoms with Gasteiger partial charge in [0.15, 0.2) is 0 Å². The van der Waals surface area contributed by atoms with Crippen molar-refractivity contribution in [3.8, 4) is 67.1 Å². The van der Waals surface area contributed by atoms with Gasteiger partial charge in [-0.2, -0.15) is 0 Å². The van der Waals surface area contributed by atoms with E-state index in [4.69, 9.17) is 19.9 Å². The van der Waals surface area contributed by atoms with Crippen LogP contribution in [0.2, 0.25) is 0 Å². The molecule has 0 saturated heterocycles. The van der Waals surface area contributed by atoms with E-state index < -0.39 is 0 Å². The van der Waals surface area contributed by atoms with Crippen molar-refractivity contribution in [2.45, 2.75) is 0 Å². The Bertz CT molecular complexity index is 4670. The smallest absolute Gasteiger partial charge is 0.235 e. The lowest BCUT2D eigenvalue weighted by Gasteiger charge is -2.12. The maximum absolute atomic E-state index is 5.47. The van der Waals surface area contributed by atoms with E-state index in [0.717, 1.165) is 104 Å². The third-order valence-corrected chi connectivity index (χ3v) is 15.5. The van der Waals surface area contributed by atoms with Gasteiger partial charge in [0.25, 0.3) is 0 Å². The van der Waals surface area contributed by atoms with Crippen LogP contribution < -0.4 is 0 Å². The van der Waals surface area contributed by atoms with Crippen molar-refractivity contribution >= 4 is 86.8 Å². The fraction of sp³-hybridized carbons (Fsp3) is 0. The van der Waals surface area contributed by atoms with Crippen molar-refractivity contribution in [1.29, 1.82) is 0 Å². The molecule has 10 aromatic carbocycles. The summed E-state index contributed by atoms with van der Waals surface area (Å²) in [5, 5.41) is 8.03. The Kier molecular flexibility index (Phi) is 9.33. The number of para-hydroxylation sites is 2. The third-order valence-electron chi connectivity index (χ3n) is 14.4. The lowest BCUT2D eigenvalue weighted by atomic mass is 9.96. The summed E-state index contributed by atoms with van der Waals surface area (Å²) >= 11 is 1.75. The molecule has 6 nitrogen and oxygen atoms in total. The van der Waals surface area contributed by atoms with E-state index in [-0.39, 0.29) is 0 Å². The van der Waals surface area contributed by atoms with Crippen molar-refractivity contribution in [2.75, 3.05) is 0 Å². The second kappa shape index (κ2) is 16.5. The zero-order valence-corrected chi connectivity index (χ0v) is 40.0. The largest absolute Gasteiger partial charge is 0.278 e. The predicted octanol–water partition coefficient (Wildman–Crippen LogP) is 17.3. The van der Waals surface area contributed by atoms with Crippen molar-refractivity contribution in [3.05, 3.63) is 243 Å². The Morgan fingerprint density at radius 1 is 0.288 bits per heavy atom. The maximum Gasteiger partial charge on any atom is 0.235 e. The van der Waals surface area contributed by atoms with Crippen LogP contribution in [-0.4, -0.2) is 29.1 Å². The van der Waals surface area contributed by atoms with Gasteiger partial charge in [-0.3, -0.25) is 9.13 Å². The molecule has 340 valence electrons. The molecule has 5 heterocycles. The van der Waals surface area contributed by atoms with Gasteiger partial charge >= 0.3 is 0 Å². The summed E-state index contributed by atoms with van der Waals surface area (Å²) in [4.78, 5) is 22.5. The van der Waals surface area contributed by atoms with Crippen LogP contribution in [0.4, 0.5) is 0 Å². The molecule has 0 amide bonds.